The normalized spacial score (nSPS) is 11.7. The Morgan fingerprint density at radius 1 is 1.10 bits per heavy atom. The smallest absolute Gasteiger partial charge is 0.242 e. The third-order valence-corrected chi connectivity index (χ3v) is 5.42. The van der Waals surface area contributed by atoms with E-state index in [0.29, 0.717) is 35.1 Å². The van der Waals surface area contributed by atoms with Gasteiger partial charge in [0.05, 0.1) is 6.42 Å². The summed E-state index contributed by atoms with van der Waals surface area (Å²) in [7, 11) is 0. The summed E-state index contributed by atoms with van der Waals surface area (Å²) in [4.78, 5) is 27.3. The first-order chi connectivity index (χ1) is 13.9. The Kier molecular flexibility index (Phi) is 9.49. The molecule has 29 heavy (non-hydrogen) atoms. The van der Waals surface area contributed by atoms with Gasteiger partial charge in [0.15, 0.2) is 0 Å². The van der Waals surface area contributed by atoms with Gasteiger partial charge in [-0.15, -0.1) is 0 Å². The maximum atomic E-state index is 13.1. The summed E-state index contributed by atoms with van der Waals surface area (Å²) in [5, 5.41) is 3.90. The Hall–Kier alpha value is -2.04. The van der Waals surface area contributed by atoms with Crippen LogP contribution in [-0.2, 0) is 22.4 Å². The average Bonchev–Trinajstić information content (AvgIpc) is 2.71. The molecule has 0 bridgehead atoms. The number of hydrogen-bond acceptors (Lipinski definition) is 2. The Morgan fingerprint density at radius 3 is 2.48 bits per heavy atom. The highest BCUT2D eigenvalue weighted by atomic mass is 35.5. The second-order valence-corrected chi connectivity index (χ2v) is 7.90. The quantitative estimate of drug-likeness (QED) is 0.539. The van der Waals surface area contributed by atoms with Crippen LogP contribution in [0.15, 0.2) is 48.5 Å². The predicted octanol–water partition coefficient (Wildman–Crippen LogP) is 4.91. The second kappa shape index (κ2) is 11.8. The van der Waals surface area contributed by atoms with Crippen molar-refractivity contribution in [2.24, 2.45) is 0 Å². The first-order valence-electron chi connectivity index (χ1n) is 9.97. The molecule has 2 aromatic carbocycles. The van der Waals surface area contributed by atoms with E-state index in [1.165, 1.54) is 0 Å². The van der Waals surface area contributed by atoms with Gasteiger partial charge in [-0.3, -0.25) is 9.59 Å². The fourth-order valence-corrected chi connectivity index (χ4v) is 3.51. The molecule has 0 saturated heterocycles. The number of carbonyl (C=O) groups excluding carboxylic acids is 2. The van der Waals surface area contributed by atoms with Crippen LogP contribution in [0, 0.1) is 0 Å². The van der Waals surface area contributed by atoms with Crippen molar-refractivity contribution in [3.05, 3.63) is 69.7 Å². The van der Waals surface area contributed by atoms with E-state index < -0.39 is 6.04 Å². The van der Waals surface area contributed by atoms with E-state index in [2.05, 4.69) is 12.2 Å². The minimum atomic E-state index is -0.561. The van der Waals surface area contributed by atoms with Crippen molar-refractivity contribution in [1.29, 1.82) is 0 Å². The number of carbonyl (C=O) groups is 2. The lowest BCUT2D eigenvalue weighted by Gasteiger charge is -2.29. The summed E-state index contributed by atoms with van der Waals surface area (Å²) < 4.78 is 0. The second-order valence-electron chi connectivity index (χ2n) is 7.06. The summed E-state index contributed by atoms with van der Waals surface area (Å²) in [5.74, 6) is -0.273. The van der Waals surface area contributed by atoms with E-state index in [9.17, 15) is 9.59 Å². The molecule has 2 amide bonds. The third kappa shape index (κ3) is 7.37. The Morgan fingerprint density at radius 2 is 1.83 bits per heavy atom. The number of unbranched alkanes of at least 4 members (excludes halogenated alkanes) is 1. The van der Waals surface area contributed by atoms with Crippen molar-refractivity contribution in [1.82, 2.24) is 10.2 Å². The summed E-state index contributed by atoms with van der Waals surface area (Å²) in [6.45, 7) is 4.91. The molecule has 2 rings (SSSR count). The zero-order valence-corrected chi connectivity index (χ0v) is 18.5. The van der Waals surface area contributed by atoms with Crippen molar-refractivity contribution in [3.63, 3.8) is 0 Å². The number of nitrogens with zero attached hydrogens (tertiary/aromatic N) is 1. The molecule has 0 aliphatic heterocycles. The van der Waals surface area contributed by atoms with Gasteiger partial charge in [0.1, 0.15) is 6.04 Å². The molecule has 6 heteroatoms. The molecule has 0 radical (unpaired) electrons. The van der Waals surface area contributed by atoms with Crippen molar-refractivity contribution in [2.45, 2.75) is 45.6 Å². The molecular weight excluding hydrogens is 407 g/mol. The highest BCUT2D eigenvalue weighted by Gasteiger charge is 2.26. The van der Waals surface area contributed by atoms with Crippen molar-refractivity contribution in [2.75, 3.05) is 13.1 Å². The number of nitrogens with one attached hydrogen (secondary N) is 1. The number of hydrogen-bond donors (Lipinski definition) is 1. The van der Waals surface area contributed by atoms with Gasteiger partial charge in [0, 0.05) is 23.1 Å². The van der Waals surface area contributed by atoms with Crippen LogP contribution in [0.4, 0.5) is 0 Å². The van der Waals surface area contributed by atoms with E-state index in [0.717, 1.165) is 18.4 Å². The Labute approximate surface area is 183 Å². The first-order valence-corrected chi connectivity index (χ1v) is 10.7. The van der Waals surface area contributed by atoms with Crippen LogP contribution in [0.2, 0.25) is 10.0 Å². The molecule has 0 aromatic heterocycles. The Balaban J connectivity index is 2.13. The highest BCUT2D eigenvalue weighted by Crippen LogP contribution is 2.22. The van der Waals surface area contributed by atoms with Crippen molar-refractivity contribution < 1.29 is 9.59 Å². The molecule has 2 aromatic rings. The van der Waals surface area contributed by atoms with E-state index in [1.54, 1.807) is 30.0 Å². The molecule has 0 aliphatic rings. The lowest BCUT2D eigenvalue weighted by atomic mass is 10.1. The van der Waals surface area contributed by atoms with E-state index >= 15 is 0 Å². The highest BCUT2D eigenvalue weighted by molar-refractivity contribution is 6.35. The van der Waals surface area contributed by atoms with Gasteiger partial charge in [0.2, 0.25) is 11.8 Å². The van der Waals surface area contributed by atoms with Crippen LogP contribution >= 0.6 is 23.2 Å². The summed E-state index contributed by atoms with van der Waals surface area (Å²) in [6.07, 6.45) is 2.71. The maximum Gasteiger partial charge on any atom is 0.242 e. The molecule has 0 heterocycles. The van der Waals surface area contributed by atoms with Crippen molar-refractivity contribution in [3.8, 4) is 0 Å². The summed E-state index contributed by atoms with van der Waals surface area (Å²) in [5.41, 5.74) is 1.82. The van der Waals surface area contributed by atoms with Crippen LogP contribution < -0.4 is 5.32 Å². The fraction of sp³-hybridized carbons (Fsp3) is 0.391. The monoisotopic (exact) mass is 434 g/mol. The molecule has 1 atom stereocenters. The standard InChI is InChI=1S/C23H28Cl2N2O2/c1-3-4-13-26-23(29)17(2)27(14-12-18-8-6-5-7-9-18)22(28)15-19-10-11-20(24)16-21(19)25/h5-11,16-17H,3-4,12-15H2,1-2H3,(H,26,29). The topological polar surface area (TPSA) is 49.4 Å². The van der Waals surface area contributed by atoms with Crippen LogP contribution in [-0.4, -0.2) is 35.8 Å². The van der Waals surface area contributed by atoms with Gasteiger partial charge in [-0.1, -0.05) is 72.9 Å². The maximum absolute atomic E-state index is 13.1. The van der Waals surface area contributed by atoms with Gasteiger partial charge >= 0.3 is 0 Å². The predicted molar refractivity (Wildman–Crippen MR) is 119 cm³/mol. The summed E-state index contributed by atoms with van der Waals surface area (Å²) >= 11 is 12.2. The van der Waals surface area contributed by atoms with E-state index in [4.69, 9.17) is 23.2 Å². The molecule has 156 valence electrons. The van der Waals surface area contributed by atoms with Gasteiger partial charge in [-0.05, 0) is 43.0 Å². The van der Waals surface area contributed by atoms with Gasteiger partial charge in [0.25, 0.3) is 0 Å². The molecule has 0 saturated carbocycles. The lowest BCUT2D eigenvalue weighted by molar-refractivity contribution is -0.139. The van der Waals surface area contributed by atoms with Crippen LogP contribution in [0.3, 0.4) is 0 Å². The first kappa shape index (κ1) is 23.2. The minimum absolute atomic E-state index is 0.122. The molecule has 0 spiro atoms. The number of rotatable bonds is 10. The largest absolute Gasteiger partial charge is 0.354 e. The van der Waals surface area contributed by atoms with Crippen LogP contribution in [0.25, 0.3) is 0 Å². The molecule has 0 aliphatic carbocycles. The van der Waals surface area contributed by atoms with E-state index in [1.807, 2.05) is 30.3 Å². The number of halogens is 2. The third-order valence-electron chi connectivity index (χ3n) is 4.84. The summed E-state index contributed by atoms with van der Waals surface area (Å²) in [6, 6.07) is 14.5. The van der Waals surface area contributed by atoms with Crippen LogP contribution in [0.1, 0.15) is 37.8 Å². The molecule has 4 nitrogen and oxygen atoms in total. The fourth-order valence-electron chi connectivity index (χ4n) is 3.04. The minimum Gasteiger partial charge on any atom is -0.354 e. The molecule has 1 N–H and O–H groups in total. The van der Waals surface area contributed by atoms with Gasteiger partial charge < -0.3 is 10.2 Å². The molecule has 0 fully saturated rings. The zero-order valence-electron chi connectivity index (χ0n) is 17.0. The number of amides is 2. The molecule has 1 unspecified atom stereocenters. The Bertz CT molecular complexity index is 812. The van der Waals surface area contributed by atoms with Crippen LogP contribution in [0.5, 0.6) is 0 Å². The van der Waals surface area contributed by atoms with Gasteiger partial charge in [-0.2, -0.15) is 0 Å². The van der Waals surface area contributed by atoms with E-state index in [-0.39, 0.29) is 18.2 Å². The zero-order chi connectivity index (χ0) is 21.2. The number of benzene rings is 2. The average molecular weight is 435 g/mol. The van der Waals surface area contributed by atoms with Crippen molar-refractivity contribution >= 4 is 35.0 Å². The lowest BCUT2D eigenvalue weighted by Crippen LogP contribution is -2.49. The molecular formula is C23H28Cl2N2O2. The SMILES string of the molecule is CCCCNC(=O)C(C)N(CCc1ccccc1)C(=O)Cc1ccc(Cl)cc1Cl. The van der Waals surface area contributed by atoms with Gasteiger partial charge in [-0.25, -0.2) is 0 Å².